The average molecular weight is 437 g/mol. The van der Waals surface area contributed by atoms with Gasteiger partial charge in [-0.15, -0.1) is 0 Å². The maximum Gasteiger partial charge on any atom is 0.254 e. The summed E-state index contributed by atoms with van der Waals surface area (Å²) in [4.78, 5) is 26.9. The second kappa shape index (κ2) is 8.07. The first kappa shape index (κ1) is 20.9. The number of aliphatic hydroxyl groups is 1. The fourth-order valence-electron chi connectivity index (χ4n) is 4.27. The lowest BCUT2D eigenvalue weighted by atomic mass is 9.93. The molecule has 10 heteroatoms. The Hall–Kier alpha value is -2.33. The van der Waals surface area contributed by atoms with Crippen molar-refractivity contribution in [1.82, 2.24) is 10.6 Å². The molecule has 0 radical (unpaired) electrons. The normalized spacial score (nSPS) is 22.6. The van der Waals surface area contributed by atoms with Crippen LogP contribution < -0.4 is 20.3 Å². The summed E-state index contributed by atoms with van der Waals surface area (Å²) in [6, 6.07) is 4.25. The Labute approximate surface area is 176 Å². The molecule has 1 saturated carbocycles. The average Bonchev–Trinajstić information content (AvgIpc) is 3.33. The lowest BCUT2D eigenvalue weighted by Crippen LogP contribution is -2.41. The monoisotopic (exact) mass is 436 g/mol. The lowest BCUT2D eigenvalue weighted by molar-refractivity contribution is -0.120. The molecular formula is C20H28N4O5S. The van der Waals surface area contributed by atoms with Crippen LogP contribution in [-0.2, 0) is 14.8 Å². The van der Waals surface area contributed by atoms with E-state index in [9.17, 15) is 18.0 Å². The van der Waals surface area contributed by atoms with Crippen LogP contribution in [0.3, 0.4) is 0 Å². The minimum Gasteiger partial charge on any atom is -0.395 e. The van der Waals surface area contributed by atoms with Crippen molar-refractivity contribution in [3.8, 4) is 0 Å². The highest BCUT2D eigenvalue weighted by molar-refractivity contribution is 7.92. The number of rotatable bonds is 7. The number of piperidine rings is 1. The minimum absolute atomic E-state index is 0.188. The van der Waals surface area contributed by atoms with Gasteiger partial charge in [-0.1, -0.05) is 0 Å². The quantitative estimate of drug-likeness (QED) is 0.491. The zero-order valence-corrected chi connectivity index (χ0v) is 17.6. The van der Waals surface area contributed by atoms with Crippen LogP contribution >= 0.6 is 0 Å². The summed E-state index contributed by atoms with van der Waals surface area (Å²) >= 11 is 0. The van der Waals surface area contributed by atoms with E-state index in [1.165, 1.54) is 18.9 Å². The van der Waals surface area contributed by atoms with E-state index in [-0.39, 0.29) is 11.8 Å². The third-order valence-electron chi connectivity index (χ3n) is 6.35. The maximum absolute atomic E-state index is 13.0. The lowest BCUT2D eigenvalue weighted by Gasteiger charge is -2.35. The van der Waals surface area contributed by atoms with Gasteiger partial charge in [0.25, 0.3) is 5.91 Å². The molecule has 4 rings (SSSR count). The number of sulfonamides is 1. The molecule has 1 spiro atoms. The SMILES string of the molecule is O=C(NC1CCNC1=O)c1ccc(NS(=O)(=O)CCO)cc1N1CCC2(CC1)CC2. The van der Waals surface area contributed by atoms with E-state index in [0.717, 1.165) is 25.9 Å². The zero-order chi connectivity index (χ0) is 21.4. The smallest absolute Gasteiger partial charge is 0.254 e. The van der Waals surface area contributed by atoms with Crippen LogP contribution in [0.5, 0.6) is 0 Å². The van der Waals surface area contributed by atoms with Gasteiger partial charge in [-0.2, -0.15) is 0 Å². The van der Waals surface area contributed by atoms with Crippen LogP contribution in [0.4, 0.5) is 11.4 Å². The third-order valence-corrected chi connectivity index (χ3v) is 7.62. The number of aliphatic hydroxyl groups excluding tert-OH is 1. The summed E-state index contributed by atoms with van der Waals surface area (Å²) in [5.74, 6) is -0.927. The number of amides is 2. The Morgan fingerprint density at radius 3 is 2.57 bits per heavy atom. The molecule has 2 aliphatic heterocycles. The standard InChI is InChI=1S/C20H28N4O5S/c25-11-12-30(28,29)23-14-1-2-15(18(26)22-16-3-8-21-19(16)27)17(13-14)24-9-6-20(4-5-20)7-10-24/h1-2,13,16,23,25H,3-12H2,(H,21,27)(H,22,26). The van der Waals surface area contributed by atoms with Crippen molar-refractivity contribution < 1.29 is 23.1 Å². The van der Waals surface area contributed by atoms with Crippen molar-refractivity contribution in [2.24, 2.45) is 5.41 Å². The maximum atomic E-state index is 13.0. The van der Waals surface area contributed by atoms with E-state index >= 15 is 0 Å². The van der Waals surface area contributed by atoms with Gasteiger partial charge in [0.2, 0.25) is 15.9 Å². The molecule has 0 bridgehead atoms. The largest absolute Gasteiger partial charge is 0.395 e. The minimum atomic E-state index is -3.67. The molecule has 1 aromatic carbocycles. The molecule has 1 unspecified atom stereocenters. The predicted octanol–water partition coefficient (Wildman–Crippen LogP) is 0.419. The molecule has 2 heterocycles. The Bertz CT molecular complexity index is 935. The predicted molar refractivity (Wildman–Crippen MR) is 113 cm³/mol. The summed E-state index contributed by atoms with van der Waals surface area (Å²) in [6.07, 6.45) is 5.17. The highest BCUT2D eigenvalue weighted by atomic mass is 32.2. The molecule has 0 aromatic heterocycles. The van der Waals surface area contributed by atoms with Gasteiger partial charge >= 0.3 is 0 Å². The Kier molecular flexibility index (Phi) is 5.63. The molecule has 2 amide bonds. The fraction of sp³-hybridized carbons (Fsp3) is 0.600. The summed E-state index contributed by atoms with van der Waals surface area (Å²) in [5, 5.41) is 14.5. The van der Waals surface area contributed by atoms with Gasteiger partial charge < -0.3 is 20.6 Å². The molecule has 2 saturated heterocycles. The van der Waals surface area contributed by atoms with Gasteiger partial charge in [0, 0.05) is 19.6 Å². The number of nitrogens with one attached hydrogen (secondary N) is 3. The Morgan fingerprint density at radius 1 is 1.23 bits per heavy atom. The fourth-order valence-corrected chi connectivity index (χ4v) is 5.09. The molecule has 1 atom stereocenters. The van der Waals surface area contributed by atoms with Gasteiger partial charge in [0.1, 0.15) is 6.04 Å². The van der Waals surface area contributed by atoms with E-state index < -0.39 is 28.4 Å². The topological polar surface area (TPSA) is 128 Å². The van der Waals surface area contributed by atoms with Crippen molar-refractivity contribution in [1.29, 1.82) is 0 Å². The first-order chi connectivity index (χ1) is 14.3. The van der Waals surface area contributed by atoms with Gasteiger partial charge in [0.05, 0.1) is 29.3 Å². The summed E-state index contributed by atoms with van der Waals surface area (Å²) < 4.78 is 26.6. The summed E-state index contributed by atoms with van der Waals surface area (Å²) in [7, 11) is -3.67. The number of hydrogen-bond acceptors (Lipinski definition) is 6. The first-order valence-corrected chi connectivity index (χ1v) is 12.1. The van der Waals surface area contributed by atoms with Crippen molar-refractivity contribution >= 4 is 33.2 Å². The van der Waals surface area contributed by atoms with E-state index in [2.05, 4.69) is 20.3 Å². The first-order valence-electron chi connectivity index (χ1n) is 10.4. The Morgan fingerprint density at radius 2 is 1.97 bits per heavy atom. The molecule has 164 valence electrons. The summed E-state index contributed by atoms with van der Waals surface area (Å²) in [6.45, 7) is 1.67. The Balaban J connectivity index is 1.59. The van der Waals surface area contributed by atoms with Crippen LogP contribution in [0.1, 0.15) is 42.5 Å². The van der Waals surface area contributed by atoms with E-state index in [1.807, 2.05) is 0 Å². The molecule has 9 nitrogen and oxygen atoms in total. The van der Waals surface area contributed by atoms with Crippen LogP contribution in [0, 0.1) is 5.41 Å². The molecule has 3 fully saturated rings. The van der Waals surface area contributed by atoms with E-state index in [1.54, 1.807) is 12.1 Å². The number of carbonyl (C=O) groups is 2. The number of nitrogens with zero attached hydrogens (tertiary/aromatic N) is 1. The summed E-state index contributed by atoms with van der Waals surface area (Å²) in [5.41, 5.74) is 1.89. The van der Waals surface area contributed by atoms with Crippen molar-refractivity contribution in [3.05, 3.63) is 23.8 Å². The molecule has 30 heavy (non-hydrogen) atoms. The van der Waals surface area contributed by atoms with Gasteiger partial charge in [-0.05, 0) is 55.7 Å². The van der Waals surface area contributed by atoms with Crippen molar-refractivity contribution in [3.63, 3.8) is 0 Å². The third kappa shape index (κ3) is 4.54. The van der Waals surface area contributed by atoms with Gasteiger partial charge in [-0.25, -0.2) is 8.42 Å². The van der Waals surface area contributed by atoms with Crippen LogP contribution in [0.15, 0.2) is 18.2 Å². The molecule has 3 aliphatic rings. The zero-order valence-electron chi connectivity index (χ0n) is 16.8. The number of hydrogen-bond donors (Lipinski definition) is 4. The highest BCUT2D eigenvalue weighted by Crippen LogP contribution is 2.54. The number of carbonyl (C=O) groups excluding carboxylic acids is 2. The molecular weight excluding hydrogens is 408 g/mol. The highest BCUT2D eigenvalue weighted by Gasteiger charge is 2.44. The van der Waals surface area contributed by atoms with E-state index in [4.69, 9.17) is 5.11 Å². The van der Waals surface area contributed by atoms with Crippen LogP contribution in [0.2, 0.25) is 0 Å². The second-order valence-corrected chi connectivity index (χ2v) is 10.3. The van der Waals surface area contributed by atoms with Crippen molar-refractivity contribution in [2.45, 2.75) is 38.1 Å². The number of benzene rings is 1. The van der Waals surface area contributed by atoms with Crippen LogP contribution in [-0.4, -0.2) is 63.4 Å². The molecule has 4 N–H and O–H groups in total. The number of anilines is 2. The molecule has 1 aromatic rings. The van der Waals surface area contributed by atoms with Crippen molar-refractivity contribution in [2.75, 3.05) is 41.6 Å². The molecule has 1 aliphatic carbocycles. The van der Waals surface area contributed by atoms with E-state index in [0.29, 0.717) is 35.3 Å². The van der Waals surface area contributed by atoms with Gasteiger partial charge in [0.15, 0.2) is 0 Å². The van der Waals surface area contributed by atoms with Crippen LogP contribution in [0.25, 0.3) is 0 Å². The van der Waals surface area contributed by atoms with Gasteiger partial charge in [-0.3, -0.25) is 14.3 Å². The second-order valence-electron chi connectivity index (χ2n) is 8.47.